The van der Waals surface area contributed by atoms with Crippen LogP contribution in [0.1, 0.15) is 33.2 Å². The Balaban J connectivity index is 2.18. The molecule has 2 rings (SSSR count). The van der Waals surface area contributed by atoms with E-state index in [1.165, 1.54) is 23.9 Å². The average molecular weight is 327 g/mol. The third-order valence-electron chi connectivity index (χ3n) is 2.94. The van der Waals surface area contributed by atoms with E-state index in [1.807, 2.05) is 6.07 Å². The number of esters is 1. The molecule has 0 aliphatic carbocycles. The fourth-order valence-electron chi connectivity index (χ4n) is 1.88. The molecule has 0 aliphatic heterocycles. The molecule has 0 spiro atoms. The first-order valence-electron chi connectivity index (χ1n) is 6.77. The smallest absolute Gasteiger partial charge is 0.338 e. The van der Waals surface area contributed by atoms with Crippen molar-refractivity contribution in [1.82, 2.24) is 0 Å². The lowest BCUT2D eigenvalue weighted by Crippen LogP contribution is -2.03. The molecule has 0 amide bonds. The van der Waals surface area contributed by atoms with Crippen molar-refractivity contribution in [3.8, 4) is 6.07 Å². The maximum atomic E-state index is 11.6. The molecule has 2 aromatic carbocycles. The SMILES string of the molecule is CCOC(=O)c1ccc(Sc2ccc(C(=O)O)c(C#N)c2)cc1. The standard InChI is InChI=1S/C17H13NO4S/c1-2-22-17(21)11-3-5-13(6-4-11)23-14-7-8-15(16(19)20)12(9-14)10-18/h3-9H,2H2,1H3,(H,19,20). The first-order chi connectivity index (χ1) is 11.0. The van der Waals surface area contributed by atoms with Gasteiger partial charge in [-0.05, 0) is 49.4 Å². The molecule has 1 N–H and O–H groups in total. The summed E-state index contributed by atoms with van der Waals surface area (Å²) >= 11 is 1.38. The van der Waals surface area contributed by atoms with Gasteiger partial charge in [0.25, 0.3) is 0 Å². The molecule has 0 aliphatic rings. The molecule has 0 fully saturated rings. The molecule has 0 aromatic heterocycles. The number of rotatable bonds is 5. The van der Waals surface area contributed by atoms with E-state index in [4.69, 9.17) is 15.1 Å². The number of hydrogen-bond donors (Lipinski definition) is 1. The molecular weight excluding hydrogens is 314 g/mol. The van der Waals surface area contributed by atoms with Crippen LogP contribution in [0.4, 0.5) is 0 Å². The molecule has 116 valence electrons. The Bertz CT molecular complexity index is 778. The Kier molecular flexibility index (Phi) is 5.39. The van der Waals surface area contributed by atoms with Crippen LogP contribution in [0, 0.1) is 11.3 Å². The normalized spacial score (nSPS) is 9.91. The van der Waals surface area contributed by atoms with E-state index < -0.39 is 5.97 Å². The van der Waals surface area contributed by atoms with Crippen LogP contribution in [0.3, 0.4) is 0 Å². The van der Waals surface area contributed by atoms with Crippen LogP contribution in [0.5, 0.6) is 0 Å². The van der Waals surface area contributed by atoms with Crippen LogP contribution in [-0.2, 0) is 4.74 Å². The maximum absolute atomic E-state index is 11.6. The van der Waals surface area contributed by atoms with Gasteiger partial charge in [-0.3, -0.25) is 0 Å². The van der Waals surface area contributed by atoms with Crippen molar-refractivity contribution >= 4 is 23.7 Å². The molecule has 0 saturated heterocycles. The average Bonchev–Trinajstić information content (AvgIpc) is 2.55. The lowest BCUT2D eigenvalue weighted by Gasteiger charge is -2.06. The second kappa shape index (κ2) is 7.47. The van der Waals surface area contributed by atoms with Gasteiger partial charge < -0.3 is 9.84 Å². The zero-order valence-corrected chi connectivity index (χ0v) is 13.1. The van der Waals surface area contributed by atoms with Crippen molar-refractivity contribution in [3.05, 3.63) is 59.2 Å². The Hall–Kier alpha value is -2.78. The molecule has 0 heterocycles. The number of carbonyl (C=O) groups is 2. The Morgan fingerprint density at radius 1 is 1.17 bits per heavy atom. The van der Waals surface area contributed by atoms with Gasteiger partial charge in [0.15, 0.2) is 0 Å². The van der Waals surface area contributed by atoms with E-state index in [0.717, 1.165) is 9.79 Å². The Morgan fingerprint density at radius 3 is 2.39 bits per heavy atom. The topological polar surface area (TPSA) is 87.4 Å². The molecule has 0 unspecified atom stereocenters. The third-order valence-corrected chi connectivity index (χ3v) is 3.94. The highest BCUT2D eigenvalue weighted by atomic mass is 32.2. The summed E-state index contributed by atoms with van der Waals surface area (Å²) in [5, 5.41) is 18.0. The fraction of sp³-hybridized carbons (Fsp3) is 0.118. The quantitative estimate of drug-likeness (QED) is 0.845. The van der Waals surface area contributed by atoms with Crippen LogP contribution in [0.25, 0.3) is 0 Å². The lowest BCUT2D eigenvalue weighted by molar-refractivity contribution is 0.0525. The molecule has 6 heteroatoms. The minimum absolute atomic E-state index is 0.0190. The number of ether oxygens (including phenoxy) is 1. The largest absolute Gasteiger partial charge is 0.478 e. The van der Waals surface area contributed by atoms with Gasteiger partial charge in [0.05, 0.1) is 23.3 Å². The van der Waals surface area contributed by atoms with E-state index >= 15 is 0 Å². The van der Waals surface area contributed by atoms with Crippen molar-refractivity contribution < 1.29 is 19.4 Å². The van der Waals surface area contributed by atoms with Gasteiger partial charge in [-0.25, -0.2) is 9.59 Å². The van der Waals surface area contributed by atoms with Gasteiger partial charge >= 0.3 is 11.9 Å². The predicted molar refractivity (Wildman–Crippen MR) is 84.6 cm³/mol. The Labute approximate surface area is 137 Å². The summed E-state index contributed by atoms with van der Waals surface area (Å²) in [5.74, 6) is -1.50. The van der Waals surface area contributed by atoms with Crippen LogP contribution in [-0.4, -0.2) is 23.7 Å². The molecule has 0 bridgehead atoms. The summed E-state index contributed by atoms with van der Waals surface area (Å²) < 4.78 is 4.91. The molecule has 0 atom stereocenters. The minimum atomic E-state index is -1.13. The second-order valence-corrected chi connectivity index (χ2v) is 5.62. The molecule has 23 heavy (non-hydrogen) atoms. The van der Waals surface area contributed by atoms with Gasteiger partial charge in [-0.1, -0.05) is 11.8 Å². The molecule has 0 saturated carbocycles. The van der Waals surface area contributed by atoms with Crippen LogP contribution >= 0.6 is 11.8 Å². The van der Waals surface area contributed by atoms with Crippen LogP contribution in [0.2, 0.25) is 0 Å². The van der Waals surface area contributed by atoms with Gasteiger partial charge in [0.1, 0.15) is 6.07 Å². The number of nitriles is 1. The van der Waals surface area contributed by atoms with Crippen molar-refractivity contribution in [2.24, 2.45) is 0 Å². The second-order valence-electron chi connectivity index (χ2n) is 4.47. The number of hydrogen-bond acceptors (Lipinski definition) is 5. The van der Waals surface area contributed by atoms with Gasteiger partial charge in [0.2, 0.25) is 0 Å². The van der Waals surface area contributed by atoms with E-state index in [1.54, 1.807) is 37.3 Å². The highest BCUT2D eigenvalue weighted by molar-refractivity contribution is 7.99. The van der Waals surface area contributed by atoms with E-state index in [0.29, 0.717) is 12.2 Å². The van der Waals surface area contributed by atoms with Gasteiger partial charge in [-0.15, -0.1) is 0 Å². The number of carboxylic acid groups (broad SMARTS) is 1. The summed E-state index contributed by atoms with van der Waals surface area (Å²) in [6.07, 6.45) is 0. The number of carbonyl (C=O) groups excluding carboxylic acids is 1. The zero-order chi connectivity index (χ0) is 16.8. The summed E-state index contributed by atoms with van der Waals surface area (Å²) in [4.78, 5) is 24.2. The first-order valence-corrected chi connectivity index (χ1v) is 7.59. The third kappa shape index (κ3) is 4.11. The summed E-state index contributed by atoms with van der Waals surface area (Å²) in [6.45, 7) is 2.07. The number of carboxylic acids is 1. The van der Waals surface area contributed by atoms with Gasteiger partial charge in [-0.2, -0.15) is 5.26 Å². The summed E-state index contributed by atoms with van der Waals surface area (Å²) in [6, 6.07) is 13.4. The maximum Gasteiger partial charge on any atom is 0.338 e. The monoisotopic (exact) mass is 327 g/mol. The van der Waals surface area contributed by atoms with Crippen LogP contribution in [0.15, 0.2) is 52.3 Å². The van der Waals surface area contributed by atoms with Crippen molar-refractivity contribution in [2.75, 3.05) is 6.61 Å². The lowest BCUT2D eigenvalue weighted by atomic mass is 10.1. The fourth-order valence-corrected chi connectivity index (χ4v) is 2.73. The van der Waals surface area contributed by atoms with Crippen LogP contribution < -0.4 is 0 Å². The number of aromatic carboxylic acids is 1. The molecule has 5 nitrogen and oxygen atoms in total. The van der Waals surface area contributed by atoms with Crippen molar-refractivity contribution in [1.29, 1.82) is 5.26 Å². The first kappa shape index (κ1) is 16.6. The van der Waals surface area contributed by atoms with Crippen molar-refractivity contribution in [2.45, 2.75) is 16.7 Å². The molecular formula is C17H13NO4S. The van der Waals surface area contributed by atoms with E-state index in [-0.39, 0.29) is 17.1 Å². The van der Waals surface area contributed by atoms with Gasteiger partial charge in [0, 0.05) is 9.79 Å². The summed E-state index contributed by atoms with van der Waals surface area (Å²) in [7, 11) is 0. The molecule has 0 radical (unpaired) electrons. The number of nitrogens with zero attached hydrogens (tertiary/aromatic N) is 1. The summed E-state index contributed by atoms with van der Waals surface area (Å²) in [5.41, 5.74) is 0.565. The van der Waals surface area contributed by atoms with Crippen molar-refractivity contribution in [3.63, 3.8) is 0 Å². The van der Waals surface area contributed by atoms with E-state index in [2.05, 4.69) is 0 Å². The highest BCUT2D eigenvalue weighted by Gasteiger charge is 2.11. The Morgan fingerprint density at radius 2 is 1.83 bits per heavy atom. The number of benzene rings is 2. The molecule has 2 aromatic rings. The van der Waals surface area contributed by atoms with E-state index in [9.17, 15) is 9.59 Å². The minimum Gasteiger partial charge on any atom is -0.478 e. The highest BCUT2D eigenvalue weighted by Crippen LogP contribution is 2.29. The zero-order valence-electron chi connectivity index (χ0n) is 12.3. The predicted octanol–water partition coefficient (Wildman–Crippen LogP) is 3.58.